The second-order valence-corrected chi connectivity index (χ2v) is 10.4. The van der Waals surface area contributed by atoms with Crippen molar-refractivity contribution in [3.05, 3.63) is 96.0 Å². The van der Waals surface area contributed by atoms with Crippen LogP contribution in [0, 0.1) is 5.82 Å². The third kappa shape index (κ3) is 3.72. The lowest BCUT2D eigenvalue weighted by Gasteiger charge is -2.12. The third-order valence-electron chi connectivity index (χ3n) is 5.37. The van der Waals surface area contributed by atoms with Crippen LogP contribution in [0.5, 0.6) is 0 Å². The molecule has 0 radical (unpaired) electrons. The number of halogens is 1. The number of rotatable bonds is 4. The van der Waals surface area contributed by atoms with Gasteiger partial charge in [0, 0.05) is 24.1 Å². The van der Waals surface area contributed by atoms with Crippen LogP contribution in [-0.4, -0.2) is 11.6 Å². The molecular weight excluding hydrogens is 461 g/mol. The molecule has 162 valence electrons. The Labute approximate surface area is 197 Å². The molecular formula is C24H21FN3OS3+. The molecule has 4 nitrogen and oxygen atoms in total. The number of hydrogen-bond donors (Lipinski definition) is 0. The number of anilines is 1. The Morgan fingerprint density at radius 1 is 1.12 bits per heavy atom. The van der Waals surface area contributed by atoms with Gasteiger partial charge in [0.05, 0.1) is 17.1 Å². The molecule has 0 unspecified atom stereocenters. The summed E-state index contributed by atoms with van der Waals surface area (Å²) >= 11 is 4.57. The van der Waals surface area contributed by atoms with Gasteiger partial charge in [-0.3, -0.25) is 9.36 Å². The highest BCUT2D eigenvalue weighted by atomic mass is 32.2. The van der Waals surface area contributed by atoms with Crippen LogP contribution >= 0.6 is 34.4 Å². The van der Waals surface area contributed by atoms with Gasteiger partial charge in [-0.15, -0.1) is 11.3 Å². The number of fused-ring (bicyclic) bond motifs is 1. The van der Waals surface area contributed by atoms with E-state index in [1.165, 1.54) is 34.7 Å². The number of hydrogen-bond acceptors (Lipinski definition) is 5. The van der Waals surface area contributed by atoms with Gasteiger partial charge in [0.2, 0.25) is 0 Å². The van der Waals surface area contributed by atoms with Crippen molar-refractivity contribution in [1.29, 1.82) is 0 Å². The first kappa shape index (κ1) is 21.2. The van der Waals surface area contributed by atoms with Gasteiger partial charge in [0.15, 0.2) is 12.7 Å². The minimum atomic E-state index is -0.271. The molecule has 32 heavy (non-hydrogen) atoms. The minimum absolute atomic E-state index is 0.0301. The van der Waals surface area contributed by atoms with E-state index in [0.717, 1.165) is 26.1 Å². The van der Waals surface area contributed by atoms with Crippen molar-refractivity contribution in [3.63, 3.8) is 0 Å². The van der Waals surface area contributed by atoms with E-state index in [2.05, 4.69) is 34.4 Å². The highest BCUT2D eigenvalue weighted by Crippen LogP contribution is 2.46. The number of benzene rings is 2. The molecule has 0 aliphatic carbocycles. The van der Waals surface area contributed by atoms with Gasteiger partial charge < -0.3 is 4.90 Å². The molecule has 8 heteroatoms. The van der Waals surface area contributed by atoms with Crippen molar-refractivity contribution in [2.45, 2.75) is 24.9 Å². The molecule has 0 amide bonds. The molecule has 2 aromatic carbocycles. The molecule has 0 bridgehead atoms. The van der Waals surface area contributed by atoms with E-state index in [1.54, 1.807) is 26.9 Å². The summed E-state index contributed by atoms with van der Waals surface area (Å²) in [4.78, 5) is 15.9. The maximum absolute atomic E-state index is 14.4. The molecule has 4 aromatic rings. The second-order valence-electron chi connectivity index (χ2n) is 7.37. The molecule has 0 N–H and O–H groups in total. The Kier molecular flexibility index (Phi) is 5.75. The van der Waals surface area contributed by atoms with Gasteiger partial charge in [-0.25, -0.2) is 4.39 Å². The van der Waals surface area contributed by atoms with Gasteiger partial charge in [0.25, 0.3) is 10.6 Å². The molecule has 5 rings (SSSR count). The average molecular weight is 483 g/mol. The number of thioether (sulfide) groups is 1. The lowest BCUT2D eigenvalue weighted by Crippen LogP contribution is -2.36. The van der Waals surface area contributed by atoms with E-state index in [9.17, 15) is 9.18 Å². The predicted octanol–water partition coefficient (Wildman–Crippen LogP) is 3.60. The van der Waals surface area contributed by atoms with Crippen LogP contribution in [0.3, 0.4) is 0 Å². The fourth-order valence-corrected chi connectivity index (χ4v) is 7.12. The molecule has 1 aliphatic rings. The minimum Gasteiger partial charge on any atom is -0.334 e. The Morgan fingerprint density at radius 2 is 1.94 bits per heavy atom. The average Bonchev–Trinajstić information content (AvgIpc) is 3.46. The monoisotopic (exact) mass is 482 g/mol. The number of thiazole rings is 2. The van der Waals surface area contributed by atoms with E-state index in [0.29, 0.717) is 16.8 Å². The summed E-state index contributed by atoms with van der Waals surface area (Å²) in [5.74, 6) is -0.271. The fourth-order valence-electron chi connectivity index (χ4n) is 3.79. The van der Waals surface area contributed by atoms with Gasteiger partial charge in [0.1, 0.15) is 20.0 Å². The van der Waals surface area contributed by atoms with Crippen molar-refractivity contribution in [3.8, 4) is 0 Å². The maximum atomic E-state index is 14.4. The molecule has 0 saturated heterocycles. The van der Waals surface area contributed by atoms with Crippen molar-refractivity contribution >= 4 is 51.2 Å². The van der Waals surface area contributed by atoms with E-state index in [1.807, 2.05) is 38.2 Å². The van der Waals surface area contributed by atoms with Crippen LogP contribution in [0.25, 0.3) is 11.1 Å². The Balaban J connectivity index is 1.62. The van der Waals surface area contributed by atoms with Crippen LogP contribution in [0.2, 0.25) is 0 Å². The number of aromatic nitrogens is 2. The molecule has 1 aliphatic heterocycles. The topological polar surface area (TPSA) is 29.1 Å². The summed E-state index contributed by atoms with van der Waals surface area (Å²) in [7, 11) is 1.82. The fraction of sp³-hybridized carbons (Fsp3) is 0.167. The van der Waals surface area contributed by atoms with E-state index in [-0.39, 0.29) is 11.4 Å². The van der Waals surface area contributed by atoms with E-state index in [4.69, 9.17) is 0 Å². The van der Waals surface area contributed by atoms with E-state index < -0.39 is 0 Å². The lowest BCUT2D eigenvalue weighted by molar-refractivity contribution is -0.685. The zero-order valence-corrected chi connectivity index (χ0v) is 20.1. The quantitative estimate of drug-likeness (QED) is 0.416. The van der Waals surface area contributed by atoms with Crippen molar-refractivity contribution in [2.24, 2.45) is 0 Å². The van der Waals surface area contributed by atoms with Crippen LogP contribution in [0.15, 0.2) is 69.8 Å². The standard InChI is InChI=1S/C24H21FN3OS3/c1-3-28-20(14-19-27(12-13-30-19)15-16-8-5-4-6-9-16)32-22(23(28)29)24-26(2)21-17(25)10-7-11-18(21)31-24/h4-14H,3,15H2,1-2H3/q+1/b24-22+. The van der Waals surface area contributed by atoms with Gasteiger partial charge in [-0.05, 0) is 19.1 Å². The summed E-state index contributed by atoms with van der Waals surface area (Å²) in [6, 6.07) is 15.4. The summed E-state index contributed by atoms with van der Waals surface area (Å²) in [5, 5.41) is 3.92. The Bertz CT molecular complexity index is 1470. The first-order chi connectivity index (χ1) is 15.6. The highest BCUT2D eigenvalue weighted by molar-refractivity contribution is 8.08. The Hall–Kier alpha value is -2.68. The SMILES string of the molecule is CCn1c(=O)/c(=C2\Sc3cccc(F)c3N2C)s/c1=C\c1scc[n+]1Cc1ccccc1. The molecule has 0 spiro atoms. The van der Waals surface area contributed by atoms with Gasteiger partial charge >= 0.3 is 0 Å². The van der Waals surface area contributed by atoms with Gasteiger partial charge in [-0.1, -0.05) is 59.5 Å². The molecule has 2 aromatic heterocycles. The normalized spacial score (nSPS) is 15.5. The van der Waals surface area contributed by atoms with Gasteiger partial charge in [-0.2, -0.15) is 4.57 Å². The molecule has 0 saturated carbocycles. The largest absolute Gasteiger partial charge is 0.334 e. The summed E-state index contributed by atoms with van der Waals surface area (Å²) in [6.45, 7) is 3.33. The first-order valence-electron chi connectivity index (χ1n) is 10.2. The molecule has 3 heterocycles. The Morgan fingerprint density at radius 3 is 2.69 bits per heavy atom. The summed E-state index contributed by atoms with van der Waals surface area (Å²) < 4.78 is 19.9. The van der Waals surface area contributed by atoms with Crippen molar-refractivity contribution in [2.75, 3.05) is 11.9 Å². The summed E-state index contributed by atoms with van der Waals surface area (Å²) in [5.41, 5.74) is 1.73. The van der Waals surface area contributed by atoms with Crippen molar-refractivity contribution in [1.82, 2.24) is 4.57 Å². The predicted molar refractivity (Wildman–Crippen MR) is 131 cm³/mol. The molecule has 0 fully saturated rings. The first-order valence-corrected chi connectivity index (χ1v) is 12.7. The van der Waals surface area contributed by atoms with Crippen LogP contribution in [-0.2, 0) is 13.1 Å². The third-order valence-corrected chi connectivity index (χ3v) is 8.70. The van der Waals surface area contributed by atoms with Crippen LogP contribution < -0.4 is 24.2 Å². The maximum Gasteiger partial charge on any atom is 0.271 e. The highest BCUT2D eigenvalue weighted by Gasteiger charge is 2.27. The smallest absolute Gasteiger partial charge is 0.271 e. The molecule has 0 atom stereocenters. The number of para-hydroxylation sites is 1. The summed E-state index contributed by atoms with van der Waals surface area (Å²) in [6.07, 6.45) is 4.15. The van der Waals surface area contributed by atoms with Crippen molar-refractivity contribution < 1.29 is 8.96 Å². The second kappa shape index (κ2) is 8.69. The number of nitrogens with zero attached hydrogens (tertiary/aromatic N) is 3. The van der Waals surface area contributed by atoms with E-state index >= 15 is 0 Å². The lowest BCUT2D eigenvalue weighted by atomic mass is 10.2. The zero-order valence-electron chi connectivity index (χ0n) is 17.6. The zero-order chi connectivity index (χ0) is 22.2. The van der Waals surface area contributed by atoms with Crippen LogP contribution in [0.1, 0.15) is 17.5 Å². The van der Waals surface area contributed by atoms with Crippen LogP contribution in [0.4, 0.5) is 10.1 Å².